The van der Waals surface area contributed by atoms with E-state index in [9.17, 15) is 17.6 Å². The Bertz CT molecular complexity index is 646. The molecule has 0 saturated carbocycles. The molecular formula is C12H12F4IN3. The van der Waals surface area contributed by atoms with Crippen molar-refractivity contribution in [3.05, 3.63) is 27.5 Å². The van der Waals surface area contributed by atoms with E-state index < -0.39 is 18.0 Å². The molecule has 0 radical (unpaired) electrons. The van der Waals surface area contributed by atoms with Gasteiger partial charge in [0.2, 0.25) is 0 Å². The number of hydrogen-bond donors (Lipinski definition) is 0. The third-order valence-electron chi connectivity index (χ3n) is 2.78. The molecule has 2 heterocycles. The molecule has 2 rings (SSSR count). The SMILES string of the molecule is CC(C)(C)c1nc2cc(C(F)(F)C(F)F)ncn2c1I. The Balaban J connectivity index is 2.62. The Morgan fingerprint density at radius 2 is 1.85 bits per heavy atom. The van der Waals surface area contributed by atoms with Crippen LogP contribution in [0.1, 0.15) is 32.2 Å². The molecule has 0 fully saturated rings. The van der Waals surface area contributed by atoms with Crippen molar-refractivity contribution in [2.75, 3.05) is 0 Å². The first kappa shape index (κ1) is 15.5. The lowest BCUT2D eigenvalue weighted by atomic mass is 9.93. The lowest BCUT2D eigenvalue weighted by molar-refractivity contribution is -0.138. The van der Waals surface area contributed by atoms with Crippen LogP contribution in [0.4, 0.5) is 17.6 Å². The minimum atomic E-state index is -4.28. The maximum Gasteiger partial charge on any atom is 0.349 e. The van der Waals surface area contributed by atoms with Crippen molar-refractivity contribution in [2.24, 2.45) is 0 Å². The van der Waals surface area contributed by atoms with Crippen molar-refractivity contribution in [1.29, 1.82) is 0 Å². The van der Waals surface area contributed by atoms with Crippen molar-refractivity contribution in [3.8, 4) is 0 Å². The van der Waals surface area contributed by atoms with Gasteiger partial charge in [0, 0.05) is 11.5 Å². The van der Waals surface area contributed by atoms with E-state index in [-0.39, 0.29) is 11.1 Å². The fourth-order valence-corrected chi connectivity index (χ4v) is 2.99. The Labute approximate surface area is 126 Å². The molecule has 0 bridgehead atoms. The molecule has 0 aliphatic rings. The van der Waals surface area contributed by atoms with Gasteiger partial charge in [0.1, 0.15) is 21.4 Å². The summed E-state index contributed by atoms with van der Waals surface area (Å²) in [4.78, 5) is 7.70. The second kappa shape index (κ2) is 4.81. The first-order valence-corrected chi connectivity index (χ1v) is 6.83. The predicted octanol–water partition coefficient (Wildman–Crippen LogP) is 3.99. The molecule has 0 aliphatic heterocycles. The second-order valence-corrected chi connectivity index (χ2v) is 6.45. The zero-order valence-corrected chi connectivity index (χ0v) is 13.1. The van der Waals surface area contributed by atoms with Crippen LogP contribution >= 0.6 is 22.6 Å². The highest BCUT2D eigenvalue weighted by Crippen LogP contribution is 2.34. The highest BCUT2D eigenvalue weighted by atomic mass is 127. The van der Waals surface area contributed by atoms with E-state index in [1.54, 1.807) is 0 Å². The molecule has 2 aromatic heterocycles. The standard InChI is InChI=1S/C12H12F4IN3/c1-11(2,3)8-9(17)20-5-18-6(4-7(20)19-8)12(15,16)10(13)14/h4-5,10H,1-3H3. The Morgan fingerprint density at radius 3 is 2.35 bits per heavy atom. The molecule has 20 heavy (non-hydrogen) atoms. The van der Waals surface area contributed by atoms with Gasteiger partial charge in [-0.2, -0.15) is 8.78 Å². The normalized spacial score (nSPS) is 13.4. The van der Waals surface area contributed by atoms with Gasteiger partial charge in [-0.05, 0) is 22.6 Å². The van der Waals surface area contributed by atoms with Crippen LogP contribution in [0.3, 0.4) is 0 Å². The van der Waals surface area contributed by atoms with Crippen molar-refractivity contribution in [2.45, 2.75) is 38.5 Å². The topological polar surface area (TPSA) is 30.2 Å². The van der Waals surface area contributed by atoms with Gasteiger partial charge in [-0.15, -0.1) is 0 Å². The van der Waals surface area contributed by atoms with Gasteiger partial charge in [0.05, 0.1) is 5.69 Å². The largest absolute Gasteiger partial charge is 0.349 e. The molecule has 0 saturated heterocycles. The van der Waals surface area contributed by atoms with Gasteiger partial charge >= 0.3 is 12.3 Å². The molecule has 0 aromatic carbocycles. The fourth-order valence-electron chi connectivity index (χ4n) is 1.69. The summed E-state index contributed by atoms with van der Waals surface area (Å²) in [5, 5.41) is 0. The van der Waals surface area contributed by atoms with Crippen LogP contribution in [0.2, 0.25) is 0 Å². The lowest BCUT2D eigenvalue weighted by Gasteiger charge is -2.15. The molecular weight excluding hydrogens is 389 g/mol. The van der Waals surface area contributed by atoms with E-state index in [0.717, 1.165) is 16.1 Å². The molecule has 0 N–H and O–H groups in total. The number of aromatic nitrogens is 3. The highest BCUT2D eigenvalue weighted by molar-refractivity contribution is 14.1. The predicted molar refractivity (Wildman–Crippen MR) is 74.3 cm³/mol. The first-order valence-electron chi connectivity index (χ1n) is 5.75. The van der Waals surface area contributed by atoms with Crippen molar-refractivity contribution in [3.63, 3.8) is 0 Å². The van der Waals surface area contributed by atoms with Gasteiger partial charge in [-0.1, -0.05) is 20.8 Å². The zero-order valence-electron chi connectivity index (χ0n) is 11.0. The number of imidazole rings is 1. The Morgan fingerprint density at radius 1 is 1.25 bits per heavy atom. The van der Waals surface area contributed by atoms with E-state index >= 15 is 0 Å². The quantitative estimate of drug-likeness (QED) is 0.563. The van der Waals surface area contributed by atoms with Crippen LogP contribution in [0.15, 0.2) is 12.4 Å². The van der Waals surface area contributed by atoms with Crippen LogP contribution in [0.5, 0.6) is 0 Å². The number of alkyl halides is 4. The summed E-state index contributed by atoms with van der Waals surface area (Å²) in [7, 11) is 0. The van der Waals surface area contributed by atoms with E-state index in [0.29, 0.717) is 5.69 Å². The second-order valence-electron chi connectivity index (χ2n) is 5.43. The average molecular weight is 401 g/mol. The van der Waals surface area contributed by atoms with Crippen LogP contribution in [-0.4, -0.2) is 20.8 Å². The lowest BCUT2D eigenvalue weighted by Crippen LogP contribution is -2.25. The summed E-state index contributed by atoms with van der Waals surface area (Å²) in [6.07, 6.45) is -2.70. The van der Waals surface area contributed by atoms with E-state index in [2.05, 4.69) is 9.97 Å². The van der Waals surface area contributed by atoms with Gasteiger partial charge in [0.25, 0.3) is 0 Å². The maximum absolute atomic E-state index is 13.3. The van der Waals surface area contributed by atoms with E-state index in [4.69, 9.17) is 0 Å². The van der Waals surface area contributed by atoms with Gasteiger partial charge in [0.15, 0.2) is 0 Å². The minimum absolute atomic E-state index is 0.185. The third kappa shape index (κ3) is 2.49. The molecule has 3 nitrogen and oxygen atoms in total. The van der Waals surface area contributed by atoms with Crippen LogP contribution in [0.25, 0.3) is 5.65 Å². The van der Waals surface area contributed by atoms with Gasteiger partial charge in [-0.25, -0.2) is 18.7 Å². The van der Waals surface area contributed by atoms with Crippen molar-refractivity contribution < 1.29 is 17.6 Å². The summed E-state index contributed by atoms with van der Waals surface area (Å²) in [5.74, 6) is -4.28. The molecule has 2 aromatic rings. The number of rotatable bonds is 2. The monoisotopic (exact) mass is 401 g/mol. The highest BCUT2D eigenvalue weighted by Gasteiger charge is 2.44. The van der Waals surface area contributed by atoms with Crippen LogP contribution in [0, 0.1) is 3.70 Å². The first-order chi connectivity index (χ1) is 9.05. The molecule has 0 aliphatic carbocycles. The summed E-state index contributed by atoms with van der Waals surface area (Å²) in [6.45, 7) is 5.79. The summed E-state index contributed by atoms with van der Waals surface area (Å²) in [6, 6.07) is 0.906. The molecule has 0 spiro atoms. The van der Waals surface area contributed by atoms with Crippen molar-refractivity contribution >= 4 is 28.2 Å². The smallest absolute Gasteiger partial charge is 0.278 e. The number of nitrogens with zero attached hydrogens (tertiary/aromatic N) is 3. The number of halogens is 5. The van der Waals surface area contributed by atoms with E-state index in [1.165, 1.54) is 4.40 Å². The van der Waals surface area contributed by atoms with Crippen molar-refractivity contribution in [1.82, 2.24) is 14.4 Å². The van der Waals surface area contributed by atoms with Gasteiger partial charge < -0.3 is 0 Å². The minimum Gasteiger partial charge on any atom is -0.278 e. The molecule has 8 heteroatoms. The average Bonchev–Trinajstić information content (AvgIpc) is 2.66. The van der Waals surface area contributed by atoms with Gasteiger partial charge in [-0.3, -0.25) is 4.40 Å². The van der Waals surface area contributed by atoms with E-state index in [1.807, 2.05) is 43.4 Å². The van der Waals surface area contributed by atoms with Crippen LogP contribution < -0.4 is 0 Å². The summed E-state index contributed by atoms with van der Waals surface area (Å²) < 4.78 is 53.5. The number of fused-ring (bicyclic) bond motifs is 1. The van der Waals surface area contributed by atoms with Crippen LogP contribution in [-0.2, 0) is 11.3 Å². The number of hydrogen-bond acceptors (Lipinski definition) is 2. The third-order valence-corrected chi connectivity index (χ3v) is 3.81. The molecule has 0 atom stereocenters. The molecule has 110 valence electrons. The molecule has 0 unspecified atom stereocenters. The Hall–Kier alpha value is -0.930. The summed E-state index contributed by atoms with van der Waals surface area (Å²) >= 11 is 2.03. The zero-order chi connectivity index (χ0) is 15.3. The Kier molecular flexibility index (Phi) is 3.72. The molecule has 0 amide bonds. The summed E-state index contributed by atoms with van der Waals surface area (Å²) in [5.41, 5.74) is -0.363. The maximum atomic E-state index is 13.3. The fraction of sp³-hybridized carbons (Fsp3) is 0.500.